The fourth-order valence-electron chi connectivity index (χ4n) is 1.50. The molecule has 0 bridgehead atoms. The fraction of sp³-hybridized carbons (Fsp3) is 0.333. The van der Waals surface area contributed by atoms with Crippen LogP contribution >= 0.6 is 23.4 Å². The molecule has 0 fully saturated rings. The van der Waals surface area contributed by atoms with E-state index in [2.05, 4.69) is 5.48 Å². The highest BCUT2D eigenvalue weighted by atomic mass is 35.5. The minimum atomic E-state index is 0.0370. The first-order valence-electron chi connectivity index (χ1n) is 4.13. The molecule has 1 aromatic carbocycles. The van der Waals surface area contributed by atoms with Crippen molar-refractivity contribution in [1.82, 2.24) is 5.48 Å². The van der Waals surface area contributed by atoms with Crippen LogP contribution in [0.1, 0.15) is 18.0 Å². The van der Waals surface area contributed by atoms with Crippen molar-refractivity contribution in [3.8, 4) is 0 Å². The highest BCUT2D eigenvalue weighted by Crippen LogP contribution is 2.37. The first-order chi connectivity index (χ1) is 6.31. The van der Waals surface area contributed by atoms with Crippen LogP contribution in [0.2, 0.25) is 5.02 Å². The number of rotatable bonds is 1. The topological polar surface area (TPSA) is 32.3 Å². The molecule has 70 valence electrons. The van der Waals surface area contributed by atoms with Crippen molar-refractivity contribution in [3.05, 3.63) is 28.8 Å². The lowest BCUT2D eigenvalue weighted by molar-refractivity contribution is 0.123. The molecule has 0 aliphatic carbocycles. The molecule has 2 nitrogen and oxygen atoms in total. The molecule has 4 heteroatoms. The Hall–Kier alpha value is -0.220. The molecule has 2 N–H and O–H groups in total. The van der Waals surface area contributed by atoms with Gasteiger partial charge in [-0.1, -0.05) is 11.6 Å². The van der Waals surface area contributed by atoms with Crippen LogP contribution in [-0.4, -0.2) is 11.0 Å². The van der Waals surface area contributed by atoms with Crippen LogP contribution in [0.25, 0.3) is 0 Å². The third-order valence-electron chi connectivity index (χ3n) is 2.17. The van der Waals surface area contributed by atoms with Crippen molar-refractivity contribution in [1.29, 1.82) is 0 Å². The van der Waals surface area contributed by atoms with Gasteiger partial charge >= 0.3 is 0 Å². The average Bonchev–Trinajstić information content (AvgIpc) is 2.17. The Labute approximate surface area is 86.2 Å². The zero-order valence-electron chi connectivity index (χ0n) is 6.96. The van der Waals surface area contributed by atoms with E-state index >= 15 is 0 Å². The summed E-state index contributed by atoms with van der Waals surface area (Å²) in [4.78, 5) is 1.21. The normalized spacial score (nSPS) is 21.2. The van der Waals surface area contributed by atoms with Crippen molar-refractivity contribution >= 4 is 23.4 Å². The Bertz CT molecular complexity index is 318. The van der Waals surface area contributed by atoms with Gasteiger partial charge in [-0.15, -0.1) is 11.8 Å². The van der Waals surface area contributed by atoms with Gasteiger partial charge in [-0.05, 0) is 35.9 Å². The molecular formula is C9H10ClNOS. The minimum absolute atomic E-state index is 0.0370. The molecule has 1 aromatic rings. The van der Waals surface area contributed by atoms with E-state index in [0.29, 0.717) is 0 Å². The Balaban J connectivity index is 2.41. The van der Waals surface area contributed by atoms with E-state index in [0.717, 1.165) is 22.8 Å². The van der Waals surface area contributed by atoms with Gasteiger partial charge in [0.15, 0.2) is 0 Å². The predicted molar refractivity (Wildman–Crippen MR) is 54.5 cm³/mol. The molecule has 0 amide bonds. The summed E-state index contributed by atoms with van der Waals surface area (Å²) in [6.45, 7) is 0. The lowest BCUT2D eigenvalue weighted by atomic mass is 10.1. The van der Waals surface area contributed by atoms with E-state index in [4.69, 9.17) is 16.8 Å². The average molecular weight is 216 g/mol. The number of hydrogen-bond donors (Lipinski definition) is 2. The predicted octanol–water partition coefficient (Wildman–Crippen LogP) is 2.86. The summed E-state index contributed by atoms with van der Waals surface area (Å²) >= 11 is 7.69. The van der Waals surface area contributed by atoms with E-state index in [1.54, 1.807) is 11.8 Å². The quantitative estimate of drug-likeness (QED) is 0.707. The summed E-state index contributed by atoms with van der Waals surface area (Å²) in [6.07, 6.45) is 0.939. The zero-order chi connectivity index (χ0) is 9.26. The minimum Gasteiger partial charge on any atom is -0.316 e. The Morgan fingerprint density at radius 1 is 1.54 bits per heavy atom. The second kappa shape index (κ2) is 3.88. The standard InChI is InChI=1S/C9H10ClNOS/c10-6-1-2-9-7(5-6)8(11-12)3-4-13-9/h1-2,5,8,11-12H,3-4H2. The molecule has 13 heavy (non-hydrogen) atoms. The fourth-order valence-corrected chi connectivity index (χ4v) is 2.79. The zero-order valence-corrected chi connectivity index (χ0v) is 8.53. The number of nitrogens with one attached hydrogen (secondary N) is 1. The summed E-state index contributed by atoms with van der Waals surface area (Å²) in [5.41, 5.74) is 3.42. The number of halogens is 1. The first-order valence-corrected chi connectivity index (χ1v) is 5.49. The third-order valence-corrected chi connectivity index (χ3v) is 3.52. The molecule has 0 spiro atoms. The van der Waals surface area contributed by atoms with Gasteiger partial charge in [-0.2, -0.15) is 5.48 Å². The Morgan fingerprint density at radius 2 is 2.38 bits per heavy atom. The van der Waals surface area contributed by atoms with Crippen molar-refractivity contribution in [3.63, 3.8) is 0 Å². The van der Waals surface area contributed by atoms with E-state index in [1.807, 2.05) is 18.2 Å². The second-order valence-corrected chi connectivity index (χ2v) is 4.57. The molecule has 0 saturated carbocycles. The number of hydroxylamine groups is 1. The lowest BCUT2D eigenvalue weighted by Crippen LogP contribution is -2.21. The van der Waals surface area contributed by atoms with Crippen LogP contribution in [0.4, 0.5) is 0 Å². The number of thioether (sulfide) groups is 1. The van der Waals surface area contributed by atoms with E-state index in [9.17, 15) is 0 Å². The summed E-state index contributed by atoms with van der Waals surface area (Å²) in [5, 5.41) is 9.65. The summed E-state index contributed by atoms with van der Waals surface area (Å²) in [5.74, 6) is 1.03. The molecule has 1 unspecified atom stereocenters. The lowest BCUT2D eigenvalue weighted by Gasteiger charge is -2.23. The van der Waals surface area contributed by atoms with Crippen LogP contribution in [0.15, 0.2) is 23.1 Å². The Kier molecular flexibility index (Phi) is 2.79. The van der Waals surface area contributed by atoms with Crippen LogP contribution in [0, 0.1) is 0 Å². The van der Waals surface area contributed by atoms with Crippen LogP contribution in [0.5, 0.6) is 0 Å². The maximum Gasteiger partial charge on any atom is 0.0588 e. The van der Waals surface area contributed by atoms with Gasteiger partial charge < -0.3 is 5.21 Å². The number of benzene rings is 1. The second-order valence-electron chi connectivity index (χ2n) is 3.00. The summed E-state index contributed by atoms with van der Waals surface area (Å²) < 4.78 is 0. The SMILES string of the molecule is ONC1CCSc2ccc(Cl)cc21. The molecule has 1 aliphatic heterocycles. The van der Waals surface area contributed by atoms with Gasteiger partial charge in [0, 0.05) is 9.92 Å². The van der Waals surface area contributed by atoms with E-state index in [-0.39, 0.29) is 6.04 Å². The van der Waals surface area contributed by atoms with Crippen LogP contribution in [0.3, 0.4) is 0 Å². The van der Waals surface area contributed by atoms with Crippen molar-refractivity contribution < 1.29 is 5.21 Å². The molecule has 1 atom stereocenters. The van der Waals surface area contributed by atoms with Gasteiger partial charge in [0.25, 0.3) is 0 Å². The van der Waals surface area contributed by atoms with Crippen molar-refractivity contribution in [2.24, 2.45) is 0 Å². The van der Waals surface area contributed by atoms with Crippen LogP contribution < -0.4 is 5.48 Å². The Morgan fingerprint density at radius 3 is 3.15 bits per heavy atom. The maximum atomic E-state index is 8.93. The molecular weight excluding hydrogens is 206 g/mol. The van der Waals surface area contributed by atoms with Crippen molar-refractivity contribution in [2.45, 2.75) is 17.4 Å². The summed E-state index contributed by atoms with van der Waals surface area (Å²) in [7, 11) is 0. The van der Waals surface area contributed by atoms with Crippen molar-refractivity contribution in [2.75, 3.05) is 5.75 Å². The first kappa shape index (κ1) is 9.34. The van der Waals surface area contributed by atoms with Gasteiger partial charge in [0.2, 0.25) is 0 Å². The molecule has 1 heterocycles. The number of hydrogen-bond acceptors (Lipinski definition) is 3. The van der Waals surface area contributed by atoms with Gasteiger partial charge in [-0.25, -0.2) is 0 Å². The highest BCUT2D eigenvalue weighted by molar-refractivity contribution is 7.99. The third kappa shape index (κ3) is 1.83. The molecule has 2 rings (SSSR count). The van der Waals surface area contributed by atoms with Gasteiger partial charge in [-0.3, -0.25) is 0 Å². The number of fused-ring (bicyclic) bond motifs is 1. The van der Waals surface area contributed by atoms with Gasteiger partial charge in [0.1, 0.15) is 0 Å². The highest BCUT2D eigenvalue weighted by Gasteiger charge is 2.19. The monoisotopic (exact) mass is 215 g/mol. The molecule has 0 saturated heterocycles. The molecule has 1 aliphatic rings. The van der Waals surface area contributed by atoms with E-state index < -0.39 is 0 Å². The smallest absolute Gasteiger partial charge is 0.0588 e. The maximum absolute atomic E-state index is 8.93. The van der Waals surface area contributed by atoms with Crippen LogP contribution in [-0.2, 0) is 0 Å². The summed E-state index contributed by atoms with van der Waals surface area (Å²) in [6, 6.07) is 5.84. The van der Waals surface area contributed by atoms with E-state index in [1.165, 1.54) is 4.90 Å². The van der Waals surface area contributed by atoms with Gasteiger partial charge in [0.05, 0.1) is 6.04 Å². The largest absolute Gasteiger partial charge is 0.316 e. The molecule has 0 aromatic heterocycles. The molecule has 0 radical (unpaired) electrons.